The molecule has 30 heavy (non-hydrogen) atoms. The molecule has 0 N–H and O–H groups in total. The minimum atomic E-state index is -3.91. The number of carbonyl (C=O) groups is 2. The van der Waals surface area contributed by atoms with Gasteiger partial charge in [0.25, 0.3) is 5.91 Å². The normalized spacial score (nSPS) is 15.2. The molecule has 6 nitrogen and oxygen atoms in total. The van der Waals surface area contributed by atoms with E-state index in [1.165, 1.54) is 0 Å². The van der Waals surface area contributed by atoms with Crippen LogP contribution in [-0.4, -0.2) is 35.5 Å². The van der Waals surface area contributed by atoms with Gasteiger partial charge in [-0.15, -0.1) is 0 Å². The van der Waals surface area contributed by atoms with E-state index in [0.29, 0.717) is 26.7 Å². The monoisotopic (exact) mass is 422 g/mol. The number of benzene rings is 2. The highest BCUT2D eigenvalue weighted by Crippen LogP contribution is 2.27. The fourth-order valence-corrected chi connectivity index (χ4v) is 5.47. The Labute approximate surface area is 175 Å². The number of aromatic nitrogens is 1. The largest absolute Gasteiger partial charge is 0.317 e. The van der Waals surface area contributed by atoms with Crippen molar-refractivity contribution in [3.05, 3.63) is 88.2 Å². The molecule has 2 aromatic carbocycles. The Hall–Kier alpha value is -3.19. The van der Waals surface area contributed by atoms with Crippen molar-refractivity contribution < 1.29 is 18.0 Å². The third kappa shape index (κ3) is 3.25. The van der Waals surface area contributed by atoms with Crippen LogP contribution < -0.4 is 0 Å². The standard InChI is InChI=1S/C23H22N2O4S/c1-15-8-4-7-11-21(15)25-16(2)12-20(17(25)3)22(26)13-24-23(27)19-10-6-5-9-18(19)14-30(24,28)29/h4-12H,13-14H2,1-3H3. The third-order valence-corrected chi connectivity index (χ3v) is 7.17. The number of nitrogens with zero attached hydrogens (tertiary/aromatic N) is 2. The van der Waals surface area contributed by atoms with Crippen LogP contribution in [0.2, 0.25) is 0 Å². The second kappa shape index (κ2) is 7.25. The molecule has 0 aliphatic carbocycles. The van der Waals surface area contributed by atoms with E-state index in [0.717, 1.165) is 16.9 Å². The van der Waals surface area contributed by atoms with Crippen molar-refractivity contribution in [3.8, 4) is 5.69 Å². The highest BCUT2D eigenvalue weighted by molar-refractivity contribution is 7.89. The topological polar surface area (TPSA) is 76.5 Å². The Morgan fingerprint density at radius 2 is 1.67 bits per heavy atom. The zero-order valence-corrected chi connectivity index (χ0v) is 17.9. The number of rotatable bonds is 4. The molecule has 0 atom stereocenters. The lowest BCUT2D eigenvalue weighted by Crippen LogP contribution is -2.44. The van der Waals surface area contributed by atoms with Crippen LogP contribution >= 0.6 is 0 Å². The van der Waals surface area contributed by atoms with Crippen molar-refractivity contribution in [2.24, 2.45) is 0 Å². The number of Topliss-reactive ketones (excluding diaryl/α,β-unsaturated/α-hetero) is 1. The number of fused-ring (bicyclic) bond motifs is 1. The summed E-state index contributed by atoms with van der Waals surface area (Å²) in [5.41, 5.74) is 4.80. The van der Waals surface area contributed by atoms with Crippen LogP contribution in [0.4, 0.5) is 0 Å². The van der Waals surface area contributed by atoms with E-state index < -0.39 is 28.3 Å². The van der Waals surface area contributed by atoms with Crippen LogP contribution in [-0.2, 0) is 15.8 Å². The first kappa shape index (κ1) is 20.1. The quantitative estimate of drug-likeness (QED) is 0.603. The Balaban J connectivity index is 1.69. The SMILES string of the molecule is Cc1ccccc1-n1c(C)cc(C(=O)CN2C(=O)c3ccccc3CS2(=O)=O)c1C. The molecule has 0 saturated carbocycles. The summed E-state index contributed by atoms with van der Waals surface area (Å²) in [6.45, 7) is 5.21. The second-order valence-corrected chi connectivity index (χ2v) is 9.45. The number of aryl methyl sites for hydroxylation is 2. The first-order valence-electron chi connectivity index (χ1n) is 9.61. The molecule has 1 aromatic heterocycles. The number of hydrogen-bond acceptors (Lipinski definition) is 4. The highest BCUT2D eigenvalue weighted by Gasteiger charge is 2.37. The molecule has 154 valence electrons. The zero-order valence-electron chi connectivity index (χ0n) is 17.0. The average molecular weight is 423 g/mol. The van der Waals surface area contributed by atoms with Gasteiger partial charge in [-0.25, -0.2) is 12.7 Å². The van der Waals surface area contributed by atoms with Gasteiger partial charge in [-0.2, -0.15) is 0 Å². The summed E-state index contributed by atoms with van der Waals surface area (Å²) in [6.07, 6.45) is 0. The molecule has 0 spiro atoms. The summed E-state index contributed by atoms with van der Waals surface area (Å²) in [4.78, 5) is 25.9. The molecule has 0 radical (unpaired) electrons. The lowest BCUT2D eigenvalue weighted by Gasteiger charge is -2.27. The molecule has 3 aromatic rings. The van der Waals surface area contributed by atoms with Gasteiger partial charge in [0.05, 0.1) is 5.75 Å². The second-order valence-electron chi connectivity index (χ2n) is 7.56. The molecule has 1 aliphatic heterocycles. The summed E-state index contributed by atoms with van der Waals surface area (Å²) in [5.74, 6) is -1.35. The van der Waals surface area contributed by atoms with Crippen LogP contribution in [0.25, 0.3) is 5.69 Å². The highest BCUT2D eigenvalue weighted by atomic mass is 32.2. The molecule has 0 fully saturated rings. The molecule has 0 saturated heterocycles. The van der Waals surface area contributed by atoms with E-state index in [9.17, 15) is 18.0 Å². The summed E-state index contributed by atoms with van der Waals surface area (Å²) in [5, 5.41) is 0. The van der Waals surface area contributed by atoms with Crippen molar-refractivity contribution >= 4 is 21.7 Å². The van der Waals surface area contributed by atoms with Crippen LogP contribution in [0.15, 0.2) is 54.6 Å². The summed E-state index contributed by atoms with van der Waals surface area (Å²) in [7, 11) is -3.91. The van der Waals surface area contributed by atoms with Crippen molar-refractivity contribution in [1.29, 1.82) is 0 Å². The number of amides is 1. The first-order chi connectivity index (χ1) is 14.2. The number of carbonyl (C=O) groups excluding carboxylic acids is 2. The van der Waals surface area contributed by atoms with Gasteiger partial charge in [-0.3, -0.25) is 9.59 Å². The summed E-state index contributed by atoms with van der Waals surface area (Å²) in [6, 6.07) is 16.2. The maximum Gasteiger partial charge on any atom is 0.268 e. The van der Waals surface area contributed by atoms with Crippen LogP contribution in [0.5, 0.6) is 0 Å². The van der Waals surface area contributed by atoms with E-state index in [1.807, 2.05) is 49.6 Å². The molecule has 7 heteroatoms. The first-order valence-corrected chi connectivity index (χ1v) is 11.2. The molecular weight excluding hydrogens is 400 g/mol. The molecule has 1 amide bonds. The molecule has 2 heterocycles. The van der Waals surface area contributed by atoms with Gasteiger partial charge in [0.15, 0.2) is 5.78 Å². The van der Waals surface area contributed by atoms with Gasteiger partial charge in [-0.1, -0.05) is 36.4 Å². The van der Waals surface area contributed by atoms with E-state index in [2.05, 4.69) is 0 Å². The van der Waals surface area contributed by atoms with Gasteiger partial charge in [-0.05, 0) is 50.1 Å². The van der Waals surface area contributed by atoms with Crippen molar-refractivity contribution in [3.63, 3.8) is 0 Å². The predicted molar refractivity (Wildman–Crippen MR) is 114 cm³/mol. The van der Waals surface area contributed by atoms with Crippen molar-refractivity contribution in [2.45, 2.75) is 26.5 Å². The maximum atomic E-state index is 13.1. The number of sulfonamides is 1. The van der Waals surface area contributed by atoms with E-state index in [-0.39, 0.29) is 5.75 Å². The summed E-state index contributed by atoms with van der Waals surface area (Å²) < 4.78 is 28.1. The van der Waals surface area contributed by atoms with Crippen molar-refractivity contribution in [2.75, 3.05) is 6.54 Å². The Morgan fingerprint density at radius 1 is 1.00 bits per heavy atom. The maximum absolute atomic E-state index is 13.1. The third-order valence-electron chi connectivity index (χ3n) is 5.52. The van der Waals surface area contributed by atoms with Crippen molar-refractivity contribution in [1.82, 2.24) is 8.87 Å². The Morgan fingerprint density at radius 3 is 2.40 bits per heavy atom. The van der Waals surface area contributed by atoms with Gasteiger partial charge in [0.2, 0.25) is 10.0 Å². The molecule has 0 bridgehead atoms. The molecule has 4 rings (SSSR count). The molecule has 1 aliphatic rings. The minimum absolute atomic E-state index is 0.287. The van der Waals surface area contributed by atoms with Crippen LogP contribution in [0.1, 0.15) is 43.2 Å². The summed E-state index contributed by atoms with van der Waals surface area (Å²) >= 11 is 0. The van der Waals surface area contributed by atoms with E-state index >= 15 is 0 Å². The molecule has 0 unspecified atom stereocenters. The minimum Gasteiger partial charge on any atom is -0.317 e. The van der Waals surface area contributed by atoms with E-state index in [4.69, 9.17) is 0 Å². The lowest BCUT2D eigenvalue weighted by atomic mass is 10.1. The molecular formula is C23H22N2O4S. The number of ketones is 1. The van der Waals surface area contributed by atoms with E-state index in [1.54, 1.807) is 30.3 Å². The van der Waals surface area contributed by atoms with Gasteiger partial charge >= 0.3 is 0 Å². The lowest BCUT2D eigenvalue weighted by molar-refractivity contribution is 0.0806. The average Bonchev–Trinajstić information content (AvgIpc) is 2.99. The Kier molecular flexibility index (Phi) is 4.86. The van der Waals surface area contributed by atoms with Crippen LogP contribution in [0, 0.1) is 20.8 Å². The fourth-order valence-electron chi connectivity index (χ4n) is 4.01. The number of para-hydroxylation sites is 1. The van der Waals surface area contributed by atoms with Gasteiger partial charge < -0.3 is 4.57 Å². The zero-order chi connectivity index (χ0) is 21.6. The van der Waals surface area contributed by atoms with Crippen LogP contribution in [0.3, 0.4) is 0 Å². The number of hydrogen-bond donors (Lipinski definition) is 0. The van der Waals surface area contributed by atoms with Gasteiger partial charge in [0, 0.05) is 28.2 Å². The predicted octanol–water partition coefficient (Wildman–Crippen LogP) is 3.57. The van der Waals surface area contributed by atoms with Gasteiger partial charge in [0.1, 0.15) is 6.54 Å². The fraction of sp³-hybridized carbons (Fsp3) is 0.217. The smallest absolute Gasteiger partial charge is 0.268 e. The Bertz CT molecular complexity index is 1290.